The summed E-state index contributed by atoms with van der Waals surface area (Å²) in [7, 11) is 0. The van der Waals surface area contributed by atoms with E-state index in [4.69, 9.17) is 4.42 Å². The standard InChI is InChI=1S/C54H35NO/c1-3-11-38(12-4-1)50-35-53-54(49-17-9-10-18-52(49)56-53)51-34-41(26-32-48(50)51)37-23-29-45(30-24-37)55(43-14-5-2-6-15-43)44-27-21-36(22-28-44)40-25-31-47-42(33-40)20-19-39-13-7-8-16-46(39)47/h1-35H. The van der Waals surface area contributed by atoms with E-state index >= 15 is 0 Å². The summed E-state index contributed by atoms with van der Waals surface area (Å²) in [5.41, 5.74) is 12.2. The van der Waals surface area contributed by atoms with E-state index in [1.54, 1.807) is 0 Å². The second-order valence-corrected chi connectivity index (χ2v) is 14.5. The number of anilines is 3. The van der Waals surface area contributed by atoms with Crippen LogP contribution in [0.4, 0.5) is 17.1 Å². The zero-order valence-electron chi connectivity index (χ0n) is 30.6. The molecular weight excluding hydrogens is 679 g/mol. The molecule has 0 aliphatic heterocycles. The maximum Gasteiger partial charge on any atom is 0.136 e. The molecule has 262 valence electrons. The number of benzene rings is 10. The molecule has 56 heavy (non-hydrogen) atoms. The van der Waals surface area contributed by atoms with Gasteiger partial charge in [0.1, 0.15) is 11.2 Å². The lowest BCUT2D eigenvalue weighted by Gasteiger charge is -2.26. The summed E-state index contributed by atoms with van der Waals surface area (Å²) in [4.78, 5) is 2.33. The minimum absolute atomic E-state index is 0.906. The molecule has 11 aromatic rings. The lowest BCUT2D eigenvalue weighted by molar-refractivity contribution is 0.669. The van der Waals surface area contributed by atoms with Gasteiger partial charge < -0.3 is 9.32 Å². The van der Waals surface area contributed by atoms with Crippen LogP contribution in [0, 0.1) is 0 Å². The van der Waals surface area contributed by atoms with Crippen LogP contribution < -0.4 is 4.90 Å². The van der Waals surface area contributed by atoms with Gasteiger partial charge >= 0.3 is 0 Å². The summed E-state index contributed by atoms with van der Waals surface area (Å²) in [6.07, 6.45) is 0. The smallest absolute Gasteiger partial charge is 0.136 e. The molecule has 2 nitrogen and oxygen atoms in total. The first-order valence-corrected chi connectivity index (χ1v) is 19.2. The van der Waals surface area contributed by atoms with Crippen molar-refractivity contribution in [2.45, 2.75) is 0 Å². The Bertz CT molecular complexity index is 3220. The summed E-state index contributed by atoms with van der Waals surface area (Å²) in [5.74, 6) is 0. The van der Waals surface area contributed by atoms with Crippen LogP contribution in [0.2, 0.25) is 0 Å². The second kappa shape index (κ2) is 13.2. The summed E-state index contributed by atoms with van der Waals surface area (Å²) >= 11 is 0. The Hall–Kier alpha value is -7.42. The zero-order valence-corrected chi connectivity index (χ0v) is 30.6. The first-order valence-electron chi connectivity index (χ1n) is 19.2. The van der Waals surface area contributed by atoms with Crippen LogP contribution in [0.3, 0.4) is 0 Å². The van der Waals surface area contributed by atoms with Crippen molar-refractivity contribution >= 4 is 71.3 Å². The molecule has 0 saturated heterocycles. The van der Waals surface area contributed by atoms with Gasteiger partial charge in [-0.2, -0.15) is 0 Å². The van der Waals surface area contributed by atoms with Crippen LogP contribution in [-0.2, 0) is 0 Å². The van der Waals surface area contributed by atoms with Crippen molar-refractivity contribution in [3.63, 3.8) is 0 Å². The number of hydrogen-bond acceptors (Lipinski definition) is 2. The van der Waals surface area contributed by atoms with Crippen LogP contribution in [0.5, 0.6) is 0 Å². The molecular formula is C54H35NO. The number of fused-ring (bicyclic) bond motifs is 8. The fourth-order valence-corrected chi connectivity index (χ4v) is 8.50. The average Bonchev–Trinajstić information content (AvgIpc) is 3.66. The van der Waals surface area contributed by atoms with Gasteiger partial charge in [0.25, 0.3) is 0 Å². The minimum atomic E-state index is 0.906. The minimum Gasteiger partial charge on any atom is -0.456 e. The molecule has 0 N–H and O–H groups in total. The Morgan fingerprint density at radius 2 is 0.821 bits per heavy atom. The lowest BCUT2D eigenvalue weighted by atomic mass is 9.92. The van der Waals surface area contributed by atoms with E-state index in [2.05, 4.69) is 211 Å². The van der Waals surface area contributed by atoms with Crippen LogP contribution >= 0.6 is 0 Å². The van der Waals surface area contributed by atoms with Crippen molar-refractivity contribution in [3.8, 4) is 33.4 Å². The van der Waals surface area contributed by atoms with Crippen molar-refractivity contribution in [3.05, 3.63) is 212 Å². The third-order valence-electron chi connectivity index (χ3n) is 11.2. The van der Waals surface area contributed by atoms with E-state index < -0.39 is 0 Å². The maximum atomic E-state index is 6.45. The molecule has 0 amide bonds. The third-order valence-corrected chi connectivity index (χ3v) is 11.2. The van der Waals surface area contributed by atoms with Gasteiger partial charge in [-0.3, -0.25) is 0 Å². The fourth-order valence-electron chi connectivity index (χ4n) is 8.50. The largest absolute Gasteiger partial charge is 0.456 e. The number of hydrogen-bond donors (Lipinski definition) is 0. The molecule has 0 spiro atoms. The molecule has 1 aromatic heterocycles. The quantitative estimate of drug-likeness (QED) is 0.160. The van der Waals surface area contributed by atoms with E-state index in [9.17, 15) is 0 Å². The predicted octanol–water partition coefficient (Wildman–Crippen LogP) is 15.5. The molecule has 0 aliphatic rings. The molecule has 10 aromatic carbocycles. The Balaban J connectivity index is 0.970. The van der Waals surface area contributed by atoms with E-state index in [0.717, 1.165) is 44.6 Å². The van der Waals surface area contributed by atoms with Gasteiger partial charge in [0.2, 0.25) is 0 Å². The summed E-state index contributed by atoms with van der Waals surface area (Å²) in [6, 6.07) is 76.4. The normalized spacial score (nSPS) is 11.6. The molecule has 0 fully saturated rings. The maximum absolute atomic E-state index is 6.45. The average molecular weight is 714 g/mol. The van der Waals surface area contributed by atoms with Crippen molar-refractivity contribution in [2.75, 3.05) is 4.90 Å². The van der Waals surface area contributed by atoms with Gasteiger partial charge in [-0.1, -0.05) is 152 Å². The fraction of sp³-hybridized carbons (Fsp3) is 0. The molecule has 0 saturated carbocycles. The number of rotatable bonds is 6. The number of furan rings is 1. The summed E-state index contributed by atoms with van der Waals surface area (Å²) < 4.78 is 6.45. The first kappa shape index (κ1) is 32.0. The van der Waals surface area contributed by atoms with Crippen LogP contribution in [-0.4, -0.2) is 0 Å². The monoisotopic (exact) mass is 713 g/mol. The van der Waals surface area contributed by atoms with Crippen molar-refractivity contribution < 1.29 is 4.42 Å². The predicted molar refractivity (Wildman–Crippen MR) is 237 cm³/mol. The van der Waals surface area contributed by atoms with Gasteiger partial charge in [-0.05, 0) is 126 Å². The van der Waals surface area contributed by atoms with Crippen LogP contribution in [0.25, 0.3) is 87.6 Å². The third kappa shape index (κ3) is 5.42. The molecule has 2 heteroatoms. The first-order chi connectivity index (χ1) is 27.7. The topological polar surface area (TPSA) is 16.4 Å². The SMILES string of the molecule is c1ccc(-c2cc3oc4ccccc4c3c3cc(-c4ccc(N(c5ccccc5)c5ccc(-c6ccc7c(ccc8ccccc87)c6)cc5)cc4)ccc23)cc1. The van der Waals surface area contributed by atoms with E-state index in [1.807, 2.05) is 6.07 Å². The summed E-state index contributed by atoms with van der Waals surface area (Å²) in [5, 5.41) is 9.80. The Morgan fingerprint density at radius 3 is 1.55 bits per heavy atom. The Kier molecular flexibility index (Phi) is 7.53. The van der Waals surface area contributed by atoms with Crippen LogP contribution in [0.1, 0.15) is 0 Å². The number of nitrogens with zero attached hydrogens (tertiary/aromatic N) is 1. The van der Waals surface area contributed by atoms with Crippen molar-refractivity contribution in [1.82, 2.24) is 0 Å². The highest BCUT2D eigenvalue weighted by atomic mass is 16.3. The highest BCUT2D eigenvalue weighted by molar-refractivity contribution is 6.22. The van der Waals surface area contributed by atoms with Gasteiger partial charge in [-0.25, -0.2) is 0 Å². The number of para-hydroxylation sites is 2. The van der Waals surface area contributed by atoms with Crippen LogP contribution in [0.15, 0.2) is 217 Å². The Labute approximate surface area is 325 Å². The van der Waals surface area contributed by atoms with Gasteiger partial charge in [0.05, 0.1) is 0 Å². The second-order valence-electron chi connectivity index (χ2n) is 14.5. The molecule has 1 heterocycles. The van der Waals surface area contributed by atoms with Gasteiger partial charge in [0, 0.05) is 27.8 Å². The van der Waals surface area contributed by atoms with E-state index in [0.29, 0.717) is 0 Å². The highest BCUT2D eigenvalue weighted by Gasteiger charge is 2.17. The molecule has 0 radical (unpaired) electrons. The van der Waals surface area contributed by atoms with E-state index in [-0.39, 0.29) is 0 Å². The highest BCUT2D eigenvalue weighted by Crippen LogP contribution is 2.42. The molecule has 0 atom stereocenters. The van der Waals surface area contributed by atoms with Gasteiger partial charge in [-0.15, -0.1) is 0 Å². The molecule has 0 aliphatic carbocycles. The van der Waals surface area contributed by atoms with E-state index in [1.165, 1.54) is 60.1 Å². The summed E-state index contributed by atoms with van der Waals surface area (Å²) in [6.45, 7) is 0. The van der Waals surface area contributed by atoms with Gasteiger partial charge in [0.15, 0.2) is 0 Å². The molecule has 11 rings (SSSR count). The lowest BCUT2D eigenvalue weighted by Crippen LogP contribution is -2.09. The Morgan fingerprint density at radius 1 is 0.286 bits per heavy atom. The molecule has 0 bridgehead atoms. The van der Waals surface area contributed by atoms with Crippen molar-refractivity contribution in [1.29, 1.82) is 0 Å². The van der Waals surface area contributed by atoms with Crippen molar-refractivity contribution in [2.24, 2.45) is 0 Å². The zero-order chi connectivity index (χ0) is 37.0. The molecule has 0 unspecified atom stereocenters.